The summed E-state index contributed by atoms with van der Waals surface area (Å²) in [4.78, 5) is 4.58. The first-order valence-electron chi connectivity index (χ1n) is 9.19. The summed E-state index contributed by atoms with van der Waals surface area (Å²) >= 11 is 0. The highest BCUT2D eigenvalue weighted by molar-refractivity contribution is 5.20. The third-order valence-electron chi connectivity index (χ3n) is 5.13. The van der Waals surface area contributed by atoms with E-state index in [0.717, 1.165) is 23.6 Å². The van der Waals surface area contributed by atoms with Gasteiger partial charge in [-0.2, -0.15) is 0 Å². The van der Waals surface area contributed by atoms with Gasteiger partial charge < -0.3 is 5.11 Å². The number of nitrogens with zero attached hydrogens (tertiary/aromatic N) is 1. The summed E-state index contributed by atoms with van der Waals surface area (Å²) in [5.74, 6) is 0.758. The average molecular weight is 324 g/mol. The van der Waals surface area contributed by atoms with Crippen LogP contribution in [0.3, 0.4) is 0 Å². The molecule has 0 aliphatic heterocycles. The van der Waals surface area contributed by atoms with Crippen molar-refractivity contribution in [1.29, 1.82) is 0 Å². The molecule has 3 rings (SSSR count). The van der Waals surface area contributed by atoms with Crippen LogP contribution in [0.5, 0.6) is 0 Å². The Balaban J connectivity index is 1.75. The molecule has 1 aromatic carbocycles. The van der Waals surface area contributed by atoms with E-state index in [-0.39, 0.29) is 18.7 Å². The fraction of sp³-hybridized carbons (Fsp3) is 0.476. The fourth-order valence-corrected chi connectivity index (χ4v) is 3.79. The van der Waals surface area contributed by atoms with Crippen LogP contribution < -0.4 is 5.32 Å². The molecule has 1 fully saturated rings. The van der Waals surface area contributed by atoms with E-state index in [0.29, 0.717) is 0 Å². The van der Waals surface area contributed by atoms with E-state index >= 15 is 0 Å². The second-order valence-electron chi connectivity index (χ2n) is 6.86. The second kappa shape index (κ2) is 8.95. The Morgan fingerprint density at radius 2 is 1.71 bits per heavy atom. The van der Waals surface area contributed by atoms with Crippen LogP contribution in [0.15, 0.2) is 54.7 Å². The summed E-state index contributed by atoms with van der Waals surface area (Å²) in [6, 6.07) is 16.4. The lowest BCUT2D eigenvalue weighted by atomic mass is 9.84. The topological polar surface area (TPSA) is 45.1 Å². The summed E-state index contributed by atoms with van der Waals surface area (Å²) < 4.78 is 0. The fourth-order valence-electron chi connectivity index (χ4n) is 3.79. The number of hydrogen-bond donors (Lipinski definition) is 2. The zero-order valence-electron chi connectivity index (χ0n) is 14.3. The van der Waals surface area contributed by atoms with Crippen LogP contribution >= 0.6 is 0 Å². The summed E-state index contributed by atoms with van der Waals surface area (Å²) in [5.41, 5.74) is 2.21. The van der Waals surface area contributed by atoms with Gasteiger partial charge >= 0.3 is 0 Å². The van der Waals surface area contributed by atoms with E-state index in [1.54, 1.807) is 0 Å². The lowest BCUT2D eigenvalue weighted by Crippen LogP contribution is -2.31. The van der Waals surface area contributed by atoms with Crippen molar-refractivity contribution in [2.45, 2.75) is 50.6 Å². The standard InChI is InChI=1S/C21H28N2O/c24-16-21(18-11-5-2-6-12-18)23-20(19-13-7-8-14-22-19)15-17-9-3-1-4-10-17/h2,5-8,11-14,17,20-21,23-24H,1,3-4,9-10,15-16H2/t20-,21-/m0/s1. The summed E-state index contributed by atoms with van der Waals surface area (Å²) in [6.07, 6.45) is 9.67. The molecular weight excluding hydrogens is 296 g/mol. The molecule has 0 radical (unpaired) electrons. The summed E-state index contributed by atoms with van der Waals surface area (Å²) in [6.45, 7) is 0.0953. The van der Waals surface area contributed by atoms with Gasteiger partial charge in [-0.1, -0.05) is 68.5 Å². The Bertz CT molecular complexity index is 581. The molecule has 3 heteroatoms. The molecule has 3 nitrogen and oxygen atoms in total. The highest BCUT2D eigenvalue weighted by Crippen LogP contribution is 2.32. The molecule has 128 valence electrons. The third-order valence-corrected chi connectivity index (χ3v) is 5.13. The molecule has 1 aliphatic rings. The van der Waals surface area contributed by atoms with Gasteiger partial charge in [0.25, 0.3) is 0 Å². The van der Waals surface area contributed by atoms with Crippen LogP contribution in [-0.4, -0.2) is 16.7 Å². The normalized spacial score (nSPS) is 18.2. The van der Waals surface area contributed by atoms with Crippen molar-refractivity contribution in [3.05, 3.63) is 66.0 Å². The molecule has 2 atom stereocenters. The van der Waals surface area contributed by atoms with Gasteiger partial charge in [-0.25, -0.2) is 0 Å². The number of pyridine rings is 1. The quantitative estimate of drug-likeness (QED) is 0.792. The van der Waals surface area contributed by atoms with Gasteiger partial charge in [0, 0.05) is 6.20 Å². The van der Waals surface area contributed by atoms with Crippen molar-refractivity contribution in [1.82, 2.24) is 10.3 Å². The van der Waals surface area contributed by atoms with Gasteiger partial charge in [0.2, 0.25) is 0 Å². The molecule has 0 unspecified atom stereocenters. The zero-order chi connectivity index (χ0) is 16.6. The first-order valence-corrected chi connectivity index (χ1v) is 9.19. The molecule has 1 aliphatic carbocycles. The van der Waals surface area contributed by atoms with Crippen molar-refractivity contribution in [2.75, 3.05) is 6.61 Å². The average Bonchev–Trinajstić information content (AvgIpc) is 2.67. The van der Waals surface area contributed by atoms with E-state index in [1.165, 1.54) is 32.1 Å². The van der Waals surface area contributed by atoms with E-state index in [4.69, 9.17) is 0 Å². The highest BCUT2D eigenvalue weighted by Gasteiger charge is 2.23. The number of nitrogens with one attached hydrogen (secondary N) is 1. The van der Waals surface area contributed by atoms with Crippen molar-refractivity contribution >= 4 is 0 Å². The molecular formula is C21H28N2O. The molecule has 2 aromatic rings. The van der Waals surface area contributed by atoms with Crippen molar-refractivity contribution in [3.8, 4) is 0 Å². The Hall–Kier alpha value is -1.71. The molecule has 0 amide bonds. The van der Waals surface area contributed by atoms with Gasteiger partial charge in [-0.15, -0.1) is 0 Å². The molecule has 1 saturated carbocycles. The predicted molar refractivity (Wildman–Crippen MR) is 97.6 cm³/mol. The van der Waals surface area contributed by atoms with Gasteiger partial charge in [0.1, 0.15) is 0 Å². The van der Waals surface area contributed by atoms with Crippen LogP contribution in [0.2, 0.25) is 0 Å². The van der Waals surface area contributed by atoms with Crippen LogP contribution in [-0.2, 0) is 0 Å². The maximum atomic E-state index is 9.90. The first kappa shape index (κ1) is 17.1. The molecule has 24 heavy (non-hydrogen) atoms. The first-order chi connectivity index (χ1) is 11.9. The van der Waals surface area contributed by atoms with E-state index < -0.39 is 0 Å². The molecule has 2 N–H and O–H groups in total. The number of aromatic nitrogens is 1. The molecule has 0 bridgehead atoms. The molecule has 1 heterocycles. The Morgan fingerprint density at radius 3 is 2.38 bits per heavy atom. The Morgan fingerprint density at radius 1 is 0.958 bits per heavy atom. The summed E-state index contributed by atoms with van der Waals surface area (Å²) in [5, 5.41) is 13.6. The van der Waals surface area contributed by atoms with Gasteiger partial charge in [-0.05, 0) is 30.0 Å². The molecule has 0 saturated heterocycles. The maximum absolute atomic E-state index is 9.90. The number of hydrogen-bond acceptors (Lipinski definition) is 3. The van der Waals surface area contributed by atoms with Gasteiger partial charge in [0.05, 0.1) is 24.4 Å². The number of benzene rings is 1. The SMILES string of the molecule is OC[C@H](N[C@@H](CC1CCCCC1)c1ccccn1)c1ccccc1. The predicted octanol–water partition coefficient (Wildman–Crippen LogP) is 4.42. The minimum atomic E-state index is -0.0539. The van der Waals surface area contributed by atoms with E-state index in [1.807, 2.05) is 36.5 Å². The minimum Gasteiger partial charge on any atom is -0.394 e. The monoisotopic (exact) mass is 324 g/mol. The van der Waals surface area contributed by atoms with Crippen LogP contribution in [0.4, 0.5) is 0 Å². The third kappa shape index (κ3) is 4.65. The Kier molecular flexibility index (Phi) is 6.39. The Labute approximate surface area is 145 Å². The lowest BCUT2D eigenvalue weighted by Gasteiger charge is -2.30. The minimum absolute atomic E-state index is 0.0539. The number of aliphatic hydroxyl groups is 1. The van der Waals surface area contributed by atoms with E-state index in [2.05, 4.69) is 28.5 Å². The number of aliphatic hydroxyl groups excluding tert-OH is 1. The van der Waals surface area contributed by atoms with Crippen molar-refractivity contribution in [3.63, 3.8) is 0 Å². The largest absolute Gasteiger partial charge is 0.394 e. The maximum Gasteiger partial charge on any atom is 0.0626 e. The van der Waals surface area contributed by atoms with Crippen LogP contribution in [0.1, 0.15) is 61.9 Å². The second-order valence-corrected chi connectivity index (χ2v) is 6.86. The lowest BCUT2D eigenvalue weighted by molar-refractivity contribution is 0.216. The van der Waals surface area contributed by atoms with Crippen LogP contribution in [0, 0.1) is 5.92 Å². The smallest absolute Gasteiger partial charge is 0.0626 e. The molecule has 0 spiro atoms. The highest BCUT2D eigenvalue weighted by atomic mass is 16.3. The van der Waals surface area contributed by atoms with Crippen molar-refractivity contribution < 1.29 is 5.11 Å². The summed E-state index contributed by atoms with van der Waals surface area (Å²) in [7, 11) is 0. The number of rotatable bonds is 7. The van der Waals surface area contributed by atoms with E-state index in [9.17, 15) is 5.11 Å². The van der Waals surface area contributed by atoms with Gasteiger partial charge in [0.15, 0.2) is 0 Å². The van der Waals surface area contributed by atoms with Gasteiger partial charge in [-0.3, -0.25) is 10.3 Å². The van der Waals surface area contributed by atoms with Crippen molar-refractivity contribution in [2.24, 2.45) is 5.92 Å². The zero-order valence-corrected chi connectivity index (χ0v) is 14.3. The van der Waals surface area contributed by atoms with Crippen LogP contribution in [0.25, 0.3) is 0 Å². The molecule has 1 aromatic heterocycles.